The van der Waals surface area contributed by atoms with Gasteiger partial charge in [0.05, 0.1) is 43.7 Å². The Kier molecular flexibility index (Phi) is 54.0. The topological polar surface area (TPSA) is 758 Å². The quantitative estimate of drug-likeness (QED) is 0.00870. The van der Waals surface area contributed by atoms with E-state index >= 15 is 0 Å². The normalized spacial score (nSPS) is 18.5. The van der Waals surface area contributed by atoms with Gasteiger partial charge in [-0.15, -0.1) is 0 Å². The average Bonchev–Trinajstić information content (AvgIpc) is 1.68. The second-order valence-electron chi connectivity index (χ2n) is 32.9. The van der Waals surface area contributed by atoms with E-state index < -0.39 is 203 Å². The number of aliphatic hydroxyl groups excluding tert-OH is 3. The Morgan fingerprint density at radius 1 is 0.586 bits per heavy atom. The predicted molar refractivity (Wildman–Crippen MR) is 495 cm³/mol. The highest BCUT2D eigenvalue weighted by molar-refractivity contribution is 7.90. The number of nitrogens with one attached hydrogen (secondary N) is 16. The molecule has 2 aromatic heterocycles. The summed E-state index contributed by atoms with van der Waals surface area (Å²) in [7, 11) is -2.50. The predicted octanol–water partition coefficient (Wildman–Crippen LogP) is -3.86. The van der Waals surface area contributed by atoms with Crippen molar-refractivity contribution >= 4 is 115 Å². The van der Waals surface area contributed by atoms with Crippen molar-refractivity contribution in [2.45, 2.75) is 298 Å². The number of rotatable bonds is 55. The molecule has 1 aliphatic rings. The minimum atomic E-state index is -3.99. The van der Waals surface area contributed by atoms with Crippen LogP contribution in [-0.2, 0) is 101 Å². The van der Waals surface area contributed by atoms with Crippen molar-refractivity contribution in [1.82, 2.24) is 88.8 Å². The molecule has 1 saturated heterocycles. The number of aliphatic imine (C=N–C) groups is 1. The third-order valence-corrected chi connectivity index (χ3v) is 23.3. The van der Waals surface area contributed by atoms with Gasteiger partial charge in [0.15, 0.2) is 5.96 Å². The van der Waals surface area contributed by atoms with Gasteiger partial charge in [0.2, 0.25) is 98.6 Å². The van der Waals surface area contributed by atoms with Gasteiger partial charge in [0.1, 0.15) is 66.8 Å². The summed E-state index contributed by atoms with van der Waals surface area (Å²) in [6, 6.07) is 1.79. The van der Waals surface area contributed by atoms with Crippen molar-refractivity contribution in [2.24, 2.45) is 45.1 Å². The fraction of sp³-hybridized carbons (Fsp3) is 0.621. The van der Waals surface area contributed by atoms with Crippen molar-refractivity contribution in [3.8, 4) is 0 Å². The SMILES string of the molecule is CCCCCCCCCCCCCCCC(=O)NS(=O)(=O)CCCC(=O)NCC(O)N[C@@H](CO)C(=O)N[C@@H](CCC(N)=O)C(=O)N[C@@H](Cc1cnc[nH]1)C(O)N[C@@H](CN)C(=O)N[C@@H](CCCC)C(N)=O.CN[C@H]1CCC(=O)NCCCC[C@@H](C(N)=O)NC(=O)[C@H](Cc2c[nH]c3ccccc23)NC(=O)[C@H](CCCN=C(N)N)NC(=O)[C@@H](Cc2ccccc2)NC(=O)[C@H](CC(N)=O)NC1=O. The van der Waals surface area contributed by atoms with E-state index in [9.17, 15) is 95.7 Å². The number of nitrogens with zero attached hydrogens (tertiary/aromatic N) is 2. The number of fused-ring (bicyclic) bond motifs is 1. The van der Waals surface area contributed by atoms with E-state index in [0.717, 1.165) is 43.0 Å². The lowest BCUT2D eigenvalue weighted by molar-refractivity contribution is -0.135. The number of sulfonamides is 1. The van der Waals surface area contributed by atoms with Crippen LogP contribution in [0.2, 0.25) is 0 Å². The van der Waals surface area contributed by atoms with E-state index in [0.29, 0.717) is 42.5 Å². The highest BCUT2D eigenvalue weighted by Gasteiger charge is 2.37. The number of H-pyrrole nitrogens is 2. The molecule has 1 aliphatic heterocycles. The highest BCUT2D eigenvalue weighted by Crippen LogP contribution is 2.21. The van der Waals surface area contributed by atoms with Crippen LogP contribution in [0.15, 0.2) is 78.3 Å². The van der Waals surface area contributed by atoms with Gasteiger partial charge in [0.25, 0.3) is 0 Å². The summed E-state index contributed by atoms with van der Waals surface area (Å²) >= 11 is 0. The Hall–Kier alpha value is -11.8. The third-order valence-electron chi connectivity index (χ3n) is 21.9. The lowest BCUT2D eigenvalue weighted by Crippen LogP contribution is -2.62. The number of carbonyl (C=O) groups excluding carboxylic acids is 15. The van der Waals surface area contributed by atoms with Crippen molar-refractivity contribution in [1.29, 1.82) is 0 Å². The van der Waals surface area contributed by atoms with Crippen LogP contribution in [0.3, 0.4) is 0 Å². The summed E-state index contributed by atoms with van der Waals surface area (Å²) < 4.78 is 26.9. The summed E-state index contributed by atoms with van der Waals surface area (Å²) in [5, 5.41) is 66.5. The minimum Gasteiger partial charge on any atom is -0.394 e. The first-order valence-electron chi connectivity index (χ1n) is 45.6. The fourth-order valence-corrected chi connectivity index (χ4v) is 15.5. The first kappa shape index (κ1) is 113. The number of guanidine groups is 1. The number of hydrogen-bond donors (Lipinski definition) is 26. The molecule has 46 heteroatoms. The number of benzene rings is 2. The molecule has 133 heavy (non-hydrogen) atoms. The molecule has 5 rings (SSSR count). The Morgan fingerprint density at radius 3 is 1.78 bits per heavy atom. The Morgan fingerprint density at radius 2 is 1.17 bits per heavy atom. The maximum atomic E-state index is 14.4. The van der Waals surface area contributed by atoms with Gasteiger partial charge in [-0.2, -0.15) is 0 Å². The number of aromatic amines is 2. The summed E-state index contributed by atoms with van der Waals surface area (Å²) in [6.07, 6.45) is 16.6. The molecule has 0 radical (unpaired) electrons. The number of nitrogens with two attached hydrogens (primary N) is 7. The van der Waals surface area contributed by atoms with Gasteiger partial charge in [-0.1, -0.05) is 152 Å². The van der Waals surface area contributed by atoms with E-state index in [4.69, 9.17) is 40.1 Å². The van der Waals surface area contributed by atoms with Crippen molar-refractivity contribution in [2.75, 3.05) is 45.6 Å². The van der Waals surface area contributed by atoms with Gasteiger partial charge in [0, 0.05) is 93.6 Å². The molecule has 2 aromatic carbocycles. The summed E-state index contributed by atoms with van der Waals surface area (Å²) in [5.41, 5.74) is 41.4. The molecule has 3 heterocycles. The van der Waals surface area contributed by atoms with Gasteiger partial charge < -0.3 is 124 Å². The summed E-state index contributed by atoms with van der Waals surface area (Å²) in [6.45, 7) is 2.66. The fourth-order valence-electron chi connectivity index (χ4n) is 14.4. The zero-order chi connectivity index (χ0) is 98.2. The van der Waals surface area contributed by atoms with Crippen LogP contribution in [0.4, 0.5) is 0 Å². The molecule has 0 saturated carbocycles. The van der Waals surface area contributed by atoms with E-state index in [2.05, 4.69) is 96.0 Å². The monoisotopic (exact) mass is 1890 g/mol. The number of para-hydroxylation sites is 1. The molecule has 1 fully saturated rings. The molecule has 0 bridgehead atoms. The Balaban J connectivity index is 0.000000559. The maximum Gasteiger partial charge on any atom is 0.243 e. The lowest BCUT2D eigenvalue weighted by Gasteiger charge is -2.30. The molecule has 742 valence electrons. The molecule has 45 nitrogen and oxygen atoms in total. The Labute approximate surface area is 775 Å². The van der Waals surface area contributed by atoms with E-state index in [1.54, 1.807) is 36.5 Å². The van der Waals surface area contributed by atoms with E-state index in [-0.39, 0.29) is 115 Å². The molecular formula is C87H143N25O20S. The molecular weight excluding hydrogens is 1750 g/mol. The Bertz CT molecular complexity index is 4450. The van der Waals surface area contributed by atoms with Gasteiger partial charge in [-0.25, -0.2) is 13.4 Å². The van der Waals surface area contributed by atoms with E-state index in [1.807, 2.05) is 35.9 Å². The largest absolute Gasteiger partial charge is 0.394 e. The van der Waals surface area contributed by atoms with Crippen LogP contribution in [0.1, 0.15) is 217 Å². The van der Waals surface area contributed by atoms with Crippen molar-refractivity contribution in [3.05, 3.63) is 90.1 Å². The van der Waals surface area contributed by atoms with Crippen LogP contribution in [0.25, 0.3) is 10.9 Å². The molecule has 15 amide bonds. The number of imidazole rings is 1. The number of aliphatic hydroxyl groups is 3. The standard InChI is InChI=1S/C45H84N12O12S.C42H59N13O8/c1-3-5-7-8-9-10-11-12-13-14-15-16-17-20-39(61)57-70(68,69)24-18-21-38(60)50-28-40(62)52-36(29-58)45(67)54-33(22-23-37(47)59)42(64)55-34(25-31-27-49-30-51-31)43(65)56-35(26-46)44(66)53-32(41(48)63)19-6-4-2;1-47-29-16-17-35(57)48-18-8-7-14-28(36(44)58)51-40(62)32(21-25-23-50-27-13-6-5-12-26(25)27)54-38(60)30(15-9-19-49-42(45)46)52-39(61)31(20-24-10-3-2-4-11-24)53-41(63)33(22-34(43)56)55-37(29)59/h27,30,32-36,40,43,52,56,58,62,65H,3-26,28-29,46H2,1-2H3,(H2,47,59)(H2,48,63)(H,49,51)(H,50,60)(H,53,66)(H,54,67)(H,55,64)(H,57,61);2-6,10-13,23,28-33,47,50H,7-9,14-22H2,1H3,(H2,43,56)(H2,44,58)(H,48,57)(H,51,62)(H,52,61)(H,53,63)(H,54,60)(H,55,59)(H4,45,46,49)/t32-,33-,34-,35-,36-,40?,43?;28-,29-,30-,31+,32-,33-/m00/s1. The summed E-state index contributed by atoms with van der Waals surface area (Å²) in [5.74, 6) is -12.3. The molecule has 4 aromatic rings. The maximum absolute atomic E-state index is 14.4. The minimum absolute atomic E-state index is 0.0141. The first-order valence-corrected chi connectivity index (χ1v) is 47.3. The van der Waals surface area contributed by atoms with E-state index in [1.165, 1.54) is 70.9 Å². The number of unbranched alkanes of at least 4 members (excludes halogenated alkanes) is 13. The third kappa shape index (κ3) is 46.4. The number of hydrogen-bond acceptors (Lipinski definition) is 26. The van der Waals surface area contributed by atoms with Crippen LogP contribution >= 0.6 is 0 Å². The van der Waals surface area contributed by atoms with Gasteiger partial charge in [-0.05, 0) is 88.4 Å². The van der Waals surface area contributed by atoms with Crippen LogP contribution in [0, 0.1) is 0 Å². The smallest absolute Gasteiger partial charge is 0.243 e. The van der Waals surface area contributed by atoms with Crippen LogP contribution in [0.5, 0.6) is 0 Å². The average molecular weight is 1890 g/mol. The second kappa shape index (κ2) is 63.3. The highest BCUT2D eigenvalue weighted by atomic mass is 32.2. The zero-order valence-electron chi connectivity index (χ0n) is 76.4. The molecule has 13 atom stereocenters. The number of carbonyl (C=O) groups is 15. The molecule has 0 aliphatic carbocycles. The zero-order valence-corrected chi connectivity index (χ0v) is 77.2. The lowest BCUT2D eigenvalue weighted by atomic mass is 10.0. The van der Waals surface area contributed by atoms with Crippen LogP contribution in [-0.4, -0.2) is 258 Å². The molecule has 33 N–H and O–H groups in total. The summed E-state index contributed by atoms with van der Waals surface area (Å²) in [4.78, 5) is 210. The number of likely N-dealkylation sites (N-methyl/N-ethyl adjacent to an activating group) is 1. The number of primary amides is 4. The number of aromatic nitrogens is 3. The molecule has 2 unspecified atom stereocenters. The van der Waals surface area contributed by atoms with Gasteiger partial charge in [-0.3, -0.25) is 92.3 Å². The van der Waals surface area contributed by atoms with Crippen LogP contribution < -0.4 is 114 Å². The van der Waals surface area contributed by atoms with Crippen molar-refractivity contribution < 1.29 is 95.7 Å². The molecule has 0 spiro atoms. The first-order chi connectivity index (χ1) is 63.5. The van der Waals surface area contributed by atoms with Gasteiger partial charge >= 0.3 is 0 Å². The van der Waals surface area contributed by atoms with Crippen molar-refractivity contribution in [3.63, 3.8) is 0 Å². The number of amides is 15. The second-order valence-corrected chi connectivity index (χ2v) is 34.8.